The first-order valence-corrected chi connectivity index (χ1v) is 41.6. The summed E-state index contributed by atoms with van der Waals surface area (Å²) in [6, 6.07) is 27.2. The van der Waals surface area contributed by atoms with Gasteiger partial charge in [-0.2, -0.15) is 19.2 Å². The summed E-state index contributed by atoms with van der Waals surface area (Å²) in [6.07, 6.45) is 17.7. The van der Waals surface area contributed by atoms with Crippen LogP contribution in [0.3, 0.4) is 0 Å². The summed E-state index contributed by atoms with van der Waals surface area (Å²) in [6.45, 7) is 17.7. The Balaban J connectivity index is 0.000000227. The molecule has 33 nitrogen and oxygen atoms in total. The Morgan fingerprint density at radius 3 is 1.35 bits per heavy atom. The largest absolute Gasteiger partial charge is 0.493 e. The lowest BCUT2D eigenvalue weighted by Gasteiger charge is -2.42. The second-order valence-corrected chi connectivity index (χ2v) is 31.0. The van der Waals surface area contributed by atoms with Crippen LogP contribution in [-0.2, 0) is 85.4 Å². The first-order valence-electron chi connectivity index (χ1n) is 41.6. The van der Waals surface area contributed by atoms with Crippen molar-refractivity contribution in [3.05, 3.63) is 186 Å². The summed E-state index contributed by atoms with van der Waals surface area (Å²) in [5, 5.41) is 11.5. The Kier molecular flexibility index (Phi) is 32.3. The number of nitrogens with one attached hydrogen (secondary N) is 4. The van der Waals surface area contributed by atoms with E-state index >= 15 is 0 Å². The van der Waals surface area contributed by atoms with E-state index < -0.39 is 55.2 Å². The maximum Gasteiger partial charge on any atom is 0.416 e. The lowest BCUT2D eigenvalue weighted by Crippen LogP contribution is -2.57. The van der Waals surface area contributed by atoms with E-state index in [9.17, 15) is 38.4 Å². The van der Waals surface area contributed by atoms with E-state index in [1.165, 1.54) is 22.0 Å². The second-order valence-electron chi connectivity index (χ2n) is 31.0. The third-order valence-corrected chi connectivity index (χ3v) is 22.2. The van der Waals surface area contributed by atoms with Crippen molar-refractivity contribution >= 4 is 94.2 Å². The second kappa shape index (κ2) is 43.6. The lowest BCUT2D eigenvalue weighted by atomic mass is 10.00. The Labute approximate surface area is 718 Å². The highest BCUT2D eigenvalue weighted by Gasteiger charge is 2.49. The number of piperidine rings is 2. The van der Waals surface area contributed by atoms with Gasteiger partial charge in [-0.3, -0.25) is 28.8 Å². The minimum absolute atomic E-state index is 0.0157. The van der Waals surface area contributed by atoms with Crippen LogP contribution in [0.2, 0.25) is 0 Å². The summed E-state index contributed by atoms with van der Waals surface area (Å²) in [5.41, 5.74) is 11.6. The Morgan fingerprint density at radius 1 is 0.492 bits per heavy atom. The van der Waals surface area contributed by atoms with Crippen molar-refractivity contribution in [3.8, 4) is 33.8 Å². The molecule has 4 unspecified atom stereocenters. The molecule has 33 heteroatoms. The quantitative estimate of drug-likeness (QED) is 0.0289. The van der Waals surface area contributed by atoms with Gasteiger partial charge in [-0.05, 0) is 206 Å². The van der Waals surface area contributed by atoms with Crippen molar-refractivity contribution in [1.82, 2.24) is 33.1 Å². The van der Waals surface area contributed by atoms with Crippen molar-refractivity contribution in [1.29, 1.82) is 0 Å². The maximum absolute atomic E-state index is 14.2. The van der Waals surface area contributed by atoms with Crippen LogP contribution in [-0.4, -0.2) is 183 Å². The number of anilines is 6. The highest BCUT2D eigenvalue weighted by Crippen LogP contribution is 2.43. The summed E-state index contributed by atoms with van der Waals surface area (Å²) >= 11 is 0. The summed E-state index contributed by atoms with van der Waals surface area (Å²) in [5.74, 6) is -0.297. The average molecular weight is 1700 g/mol. The number of benzene rings is 4. The van der Waals surface area contributed by atoms with Gasteiger partial charge < -0.3 is 87.2 Å². The number of ether oxygens (including phenoxy) is 8. The van der Waals surface area contributed by atoms with E-state index in [0.717, 1.165) is 85.0 Å². The van der Waals surface area contributed by atoms with Gasteiger partial charge in [0.15, 0.2) is 30.9 Å². The monoisotopic (exact) mass is 1700 g/mol. The standard InChI is InChI=1S/C45H54N6O8.C44H53N7O8.2CO2/c1-6-20-58-45(55)51-37-26-39(29(2)23-35(37)43(54)50-19-9-7-12-36(50)44(51)59-41-14-8-10-21-57-41)56-22-11-13-40(52)46-34-25-38(49(5)28-34)42(53)47-33-17-15-31(16-18-33)32-24-30(3)48(4)27-32;1-6-20-58-44(55)51-35-25-36(28(2)23-33(35)42(54)50-19-9-7-12-34(50)43(51)59-39-14-8-10-21-57-39)56-22-11-13-38(52)46-37-27-49(5)40(47-37)41(53)45-32-17-15-30(16-18-32)31-24-29(3)48(4)26-31;2*2-1-3/h6,15-18,23-28,36,41,44H,1,7-14,19-22H2,2-5H3,(H,46,52)(H,47,53);6,15-18,23-27,34,39,43H,1,7-14,19-22H2,2-5H3,(H,45,53)(H,46,52);;/t36-,41?,44?;34-,39?,43?;;/m00../s1. The Bertz CT molecular complexity index is 4860. The van der Waals surface area contributed by atoms with Crippen molar-refractivity contribution < 1.29 is 95.4 Å². The zero-order valence-corrected chi connectivity index (χ0v) is 71.2. The smallest absolute Gasteiger partial charge is 0.416 e. The number of aromatic nitrogens is 5. The van der Waals surface area contributed by atoms with Gasteiger partial charge in [0.2, 0.25) is 17.6 Å². The van der Waals surface area contributed by atoms with Gasteiger partial charge in [-0.15, -0.1) is 0 Å². The van der Waals surface area contributed by atoms with Gasteiger partial charge in [0.05, 0.1) is 53.5 Å². The van der Waals surface area contributed by atoms with E-state index in [2.05, 4.69) is 80.0 Å². The van der Waals surface area contributed by atoms with Gasteiger partial charge in [-0.1, -0.05) is 49.6 Å². The molecule has 0 spiro atoms. The van der Waals surface area contributed by atoms with Gasteiger partial charge in [-0.25, -0.2) is 24.4 Å². The summed E-state index contributed by atoms with van der Waals surface area (Å²) < 4.78 is 56.0. The Hall–Kier alpha value is -13.0. The van der Waals surface area contributed by atoms with E-state index in [-0.39, 0.29) is 92.8 Å². The van der Waals surface area contributed by atoms with Crippen molar-refractivity contribution in [2.45, 2.75) is 168 Å². The number of imidazole rings is 1. The maximum atomic E-state index is 14.2. The molecule has 8 amide bonds. The average Bonchev–Trinajstić information content (AvgIpc) is 1.60. The minimum Gasteiger partial charge on any atom is -0.493 e. The van der Waals surface area contributed by atoms with Crippen molar-refractivity contribution in [2.24, 2.45) is 28.2 Å². The van der Waals surface area contributed by atoms with Crippen LogP contribution in [0.25, 0.3) is 22.3 Å². The number of hydrogen-bond acceptors (Lipinski definition) is 21. The SMILES string of the molecule is C=CCOC(=O)N1c2cc(OCCCC(=O)Nc3cc(C(=O)Nc4ccc(-c5cc(C)n(C)c5)cc4)n(C)c3)c(C)cc2C(=O)N2CCCC[C@H]2C1OC1CCCCO1.C=CCOC(=O)N1c2cc(OCCCC(=O)Nc3cn(C)c(C(=O)Nc4ccc(-c5cc(C)n(C)c5)cc4)n3)c(C)cc2C(=O)N2CCCC[C@H]2C1OC1CCCCO1.O=C=O.O=C=O. The fraction of sp³-hybridized carbons (Fsp3) is 0.418. The molecule has 6 aliphatic heterocycles. The van der Waals surface area contributed by atoms with Gasteiger partial charge in [0.25, 0.3) is 23.6 Å². The molecular formula is C91H107N13O20. The molecule has 10 heterocycles. The number of aryl methyl sites for hydroxylation is 8. The minimum atomic E-state index is -0.853. The molecule has 6 atom stereocenters. The predicted octanol–water partition coefficient (Wildman–Crippen LogP) is 13.6. The first kappa shape index (κ1) is 91.7. The zero-order valence-electron chi connectivity index (χ0n) is 71.2. The predicted molar refractivity (Wildman–Crippen MR) is 457 cm³/mol. The van der Waals surface area contributed by atoms with Crippen LogP contribution in [0.15, 0.2) is 141 Å². The number of carbonyl (C=O) groups excluding carboxylic acids is 12. The van der Waals surface area contributed by atoms with Crippen LogP contribution in [0.4, 0.5) is 43.8 Å². The highest BCUT2D eigenvalue weighted by atomic mass is 16.7. The van der Waals surface area contributed by atoms with Crippen LogP contribution in [0.5, 0.6) is 11.5 Å². The molecule has 4 N–H and O–H groups in total. The van der Waals surface area contributed by atoms with Gasteiger partial charge in [0, 0.05) is 127 Å². The van der Waals surface area contributed by atoms with E-state index in [0.29, 0.717) is 133 Å². The Morgan fingerprint density at radius 2 is 0.927 bits per heavy atom. The molecule has 0 saturated carbocycles. The molecule has 0 radical (unpaired) electrons. The number of nitrogens with zero attached hydrogens (tertiary/aromatic N) is 9. The fourth-order valence-electron chi connectivity index (χ4n) is 15.8. The molecule has 4 saturated heterocycles. The molecular weight excluding hydrogens is 1600 g/mol. The normalized spacial score (nSPS) is 18.2. The molecule has 8 aromatic rings. The van der Waals surface area contributed by atoms with Gasteiger partial charge >= 0.3 is 24.5 Å². The van der Waals surface area contributed by atoms with Crippen LogP contribution < -0.4 is 40.5 Å². The van der Waals surface area contributed by atoms with Crippen LogP contribution in [0, 0.1) is 27.7 Å². The van der Waals surface area contributed by atoms with E-state index in [4.69, 9.17) is 57.1 Å². The van der Waals surface area contributed by atoms with E-state index in [1.807, 2.05) is 93.2 Å². The van der Waals surface area contributed by atoms with Gasteiger partial charge in [0.1, 0.15) is 30.4 Å². The van der Waals surface area contributed by atoms with Crippen molar-refractivity contribution in [3.63, 3.8) is 0 Å². The third kappa shape index (κ3) is 23.0. The molecule has 4 aromatic heterocycles. The molecule has 4 fully saturated rings. The molecule has 656 valence electrons. The van der Waals surface area contributed by atoms with Crippen LogP contribution in [0.1, 0.15) is 167 Å². The molecule has 4 aromatic carbocycles. The molecule has 0 aliphatic carbocycles. The van der Waals surface area contributed by atoms with E-state index in [1.54, 1.807) is 66.0 Å². The number of hydrogen-bond donors (Lipinski definition) is 4. The summed E-state index contributed by atoms with van der Waals surface area (Å²) in [7, 11) is 7.44. The molecule has 14 rings (SSSR count). The fourth-order valence-corrected chi connectivity index (χ4v) is 15.8. The number of carbonyl (C=O) groups is 8. The number of fused-ring (bicyclic) bond motifs is 4. The molecule has 0 bridgehead atoms. The molecule has 124 heavy (non-hydrogen) atoms. The number of rotatable bonds is 26. The molecule has 6 aliphatic rings. The lowest BCUT2D eigenvalue weighted by molar-refractivity contribution is -0.199. The number of amides is 8. The summed E-state index contributed by atoms with van der Waals surface area (Å²) in [4.78, 5) is 152. The highest BCUT2D eigenvalue weighted by molar-refractivity contribution is 6.08. The zero-order chi connectivity index (χ0) is 88.7. The third-order valence-electron chi connectivity index (χ3n) is 22.2. The van der Waals surface area contributed by atoms with Crippen LogP contribution >= 0.6 is 0 Å². The van der Waals surface area contributed by atoms with Crippen molar-refractivity contribution in [2.75, 3.05) is 83.8 Å². The topological polar surface area (TPSA) is 372 Å². The first-order chi connectivity index (χ1) is 59.8.